The van der Waals surface area contributed by atoms with Gasteiger partial charge in [0.05, 0.1) is 5.69 Å². The normalized spacial score (nSPS) is 29.7. The van der Waals surface area contributed by atoms with Crippen molar-refractivity contribution < 1.29 is 4.39 Å². The summed E-state index contributed by atoms with van der Waals surface area (Å²) in [5, 5.41) is 0. The van der Waals surface area contributed by atoms with Crippen LogP contribution in [0.1, 0.15) is 44.2 Å². The van der Waals surface area contributed by atoms with E-state index in [-0.39, 0.29) is 11.9 Å². The molecule has 2 aliphatic rings. The third-order valence-electron chi connectivity index (χ3n) is 5.28. The molecule has 3 rings (SSSR count). The van der Waals surface area contributed by atoms with E-state index in [9.17, 15) is 4.39 Å². The minimum absolute atomic E-state index is 0.136. The van der Waals surface area contributed by atoms with Gasteiger partial charge in [0.15, 0.2) is 0 Å². The Balaban J connectivity index is 1.78. The molecule has 2 bridgehead atoms. The van der Waals surface area contributed by atoms with Crippen LogP contribution in [-0.4, -0.2) is 13.6 Å². The van der Waals surface area contributed by atoms with Crippen molar-refractivity contribution in [3.05, 3.63) is 29.6 Å². The number of nitrogens with two attached hydrogens (primary N) is 1. The topological polar surface area (TPSA) is 29.3 Å². The Kier molecular flexibility index (Phi) is 3.72. The molecular weight excluding hydrogens is 251 g/mol. The fourth-order valence-corrected chi connectivity index (χ4v) is 4.35. The van der Waals surface area contributed by atoms with Crippen LogP contribution in [0.25, 0.3) is 0 Å². The largest absolute Gasteiger partial charge is 0.372 e. The van der Waals surface area contributed by atoms with Gasteiger partial charge in [-0.2, -0.15) is 0 Å². The Bertz CT molecular complexity index is 486. The molecule has 4 atom stereocenters. The highest BCUT2D eigenvalue weighted by molar-refractivity contribution is 5.55. The molecule has 2 nitrogen and oxygen atoms in total. The van der Waals surface area contributed by atoms with Gasteiger partial charge < -0.3 is 10.6 Å². The maximum Gasteiger partial charge on any atom is 0.146 e. The van der Waals surface area contributed by atoms with Gasteiger partial charge in [0.25, 0.3) is 0 Å². The first-order chi connectivity index (χ1) is 9.56. The van der Waals surface area contributed by atoms with Crippen molar-refractivity contribution >= 4 is 5.69 Å². The van der Waals surface area contributed by atoms with E-state index in [2.05, 4.69) is 4.90 Å². The van der Waals surface area contributed by atoms with Crippen LogP contribution in [-0.2, 0) is 0 Å². The zero-order chi connectivity index (χ0) is 14.3. The summed E-state index contributed by atoms with van der Waals surface area (Å²) in [5.74, 6) is 2.39. The van der Waals surface area contributed by atoms with Crippen LogP contribution in [0.3, 0.4) is 0 Å². The lowest BCUT2D eigenvalue weighted by Gasteiger charge is -2.30. The second-order valence-electron chi connectivity index (χ2n) is 6.78. The molecule has 2 N–H and O–H groups in total. The molecule has 2 aliphatic carbocycles. The molecule has 0 aliphatic heterocycles. The van der Waals surface area contributed by atoms with Crippen LogP contribution in [0, 0.1) is 23.6 Å². The predicted molar refractivity (Wildman–Crippen MR) is 81.2 cm³/mol. The molecule has 3 heteroatoms. The van der Waals surface area contributed by atoms with Crippen molar-refractivity contribution in [1.82, 2.24) is 0 Å². The van der Waals surface area contributed by atoms with Crippen LogP contribution in [0.2, 0.25) is 0 Å². The molecule has 110 valence electrons. The fourth-order valence-electron chi connectivity index (χ4n) is 4.35. The Labute approximate surface area is 121 Å². The number of hydrogen-bond donors (Lipinski definition) is 1. The lowest BCUT2D eigenvalue weighted by molar-refractivity contribution is 0.336. The monoisotopic (exact) mass is 276 g/mol. The van der Waals surface area contributed by atoms with Gasteiger partial charge in [0.1, 0.15) is 5.82 Å². The third-order valence-corrected chi connectivity index (χ3v) is 5.28. The lowest BCUT2D eigenvalue weighted by atomic mass is 9.88. The van der Waals surface area contributed by atoms with Crippen molar-refractivity contribution in [2.75, 3.05) is 18.5 Å². The van der Waals surface area contributed by atoms with E-state index in [1.54, 1.807) is 12.1 Å². The minimum atomic E-state index is -0.148. The predicted octanol–water partition coefficient (Wildman–Crippen LogP) is 3.72. The highest BCUT2D eigenvalue weighted by Gasteiger charge is 2.39. The number of benzene rings is 1. The van der Waals surface area contributed by atoms with Gasteiger partial charge >= 0.3 is 0 Å². The number of rotatable bonds is 4. The van der Waals surface area contributed by atoms with Crippen LogP contribution in [0.4, 0.5) is 10.1 Å². The van der Waals surface area contributed by atoms with Crippen LogP contribution in [0.5, 0.6) is 0 Å². The van der Waals surface area contributed by atoms with Crippen molar-refractivity contribution in [3.8, 4) is 0 Å². The van der Waals surface area contributed by atoms with E-state index >= 15 is 0 Å². The molecule has 2 fully saturated rings. The average molecular weight is 276 g/mol. The summed E-state index contributed by atoms with van der Waals surface area (Å²) in [6.45, 7) is 2.88. The summed E-state index contributed by atoms with van der Waals surface area (Å²) < 4.78 is 14.2. The van der Waals surface area contributed by atoms with E-state index in [0.29, 0.717) is 5.69 Å². The van der Waals surface area contributed by atoms with Gasteiger partial charge in [0.2, 0.25) is 0 Å². The maximum absolute atomic E-state index is 14.2. The first kappa shape index (κ1) is 13.9. The molecule has 0 saturated heterocycles. The zero-order valence-electron chi connectivity index (χ0n) is 12.5. The summed E-state index contributed by atoms with van der Waals surface area (Å²) in [6, 6.07) is 5.10. The number of nitrogens with zero attached hydrogens (tertiary/aromatic N) is 1. The van der Waals surface area contributed by atoms with Crippen molar-refractivity contribution in [2.24, 2.45) is 23.5 Å². The summed E-state index contributed by atoms with van der Waals surface area (Å²) in [5.41, 5.74) is 7.61. The summed E-state index contributed by atoms with van der Waals surface area (Å²) >= 11 is 0. The highest BCUT2D eigenvalue weighted by atomic mass is 19.1. The molecule has 3 unspecified atom stereocenters. The van der Waals surface area contributed by atoms with Gasteiger partial charge in [-0.15, -0.1) is 0 Å². The van der Waals surface area contributed by atoms with E-state index in [0.717, 1.165) is 29.9 Å². The molecule has 1 aromatic carbocycles. The second-order valence-corrected chi connectivity index (χ2v) is 6.78. The van der Waals surface area contributed by atoms with Gasteiger partial charge in [-0.05, 0) is 55.6 Å². The molecule has 0 amide bonds. The van der Waals surface area contributed by atoms with E-state index < -0.39 is 0 Å². The van der Waals surface area contributed by atoms with Crippen LogP contribution >= 0.6 is 0 Å². The molecule has 0 spiro atoms. The highest BCUT2D eigenvalue weighted by Crippen LogP contribution is 2.48. The van der Waals surface area contributed by atoms with E-state index in [1.807, 2.05) is 20.0 Å². The average Bonchev–Trinajstić information content (AvgIpc) is 3.00. The first-order valence-corrected chi connectivity index (χ1v) is 7.81. The Morgan fingerprint density at radius 1 is 1.35 bits per heavy atom. The van der Waals surface area contributed by atoms with E-state index in [4.69, 9.17) is 5.73 Å². The summed E-state index contributed by atoms with van der Waals surface area (Å²) in [7, 11) is 2.01. The Morgan fingerprint density at radius 2 is 2.15 bits per heavy atom. The van der Waals surface area contributed by atoms with Gasteiger partial charge in [0, 0.05) is 19.6 Å². The zero-order valence-corrected chi connectivity index (χ0v) is 12.5. The maximum atomic E-state index is 14.2. The number of anilines is 1. The van der Waals surface area contributed by atoms with E-state index in [1.165, 1.54) is 25.7 Å². The number of para-hydroxylation sites is 1. The second kappa shape index (κ2) is 5.36. The minimum Gasteiger partial charge on any atom is -0.372 e. The van der Waals surface area contributed by atoms with Crippen molar-refractivity contribution in [2.45, 2.75) is 38.6 Å². The lowest BCUT2D eigenvalue weighted by Crippen LogP contribution is -2.30. The molecule has 0 heterocycles. The molecule has 0 aromatic heterocycles. The Morgan fingerprint density at radius 3 is 2.75 bits per heavy atom. The fraction of sp³-hybridized carbons (Fsp3) is 0.647. The quantitative estimate of drug-likeness (QED) is 0.908. The molecule has 0 radical (unpaired) electrons. The first-order valence-electron chi connectivity index (χ1n) is 7.81. The van der Waals surface area contributed by atoms with Gasteiger partial charge in [-0.3, -0.25) is 0 Å². The Hall–Kier alpha value is -1.09. The third kappa shape index (κ3) is 2.44. The SMILES string of the molecule is C[C@H](N)c1cccc(F)c1N(C)CC1CC2CCC1C2. The number of hydrogen-bond acceptors (Lipinski definition) is 2. The summed E-state index contributed by atoms with van der Waals surface area (Å²) in [6.07, 6.45) is 5.52. The molecule has 2 saturated carbocycles. The van der Waals surface area contributed by atoms with Crippen molar-refractivity contribution in [3.63, 3.8) is 0 Å². The number of fused-ring (bicyclic) bond motifs is 2. The summed E-state index contributed by atoms with van der Waals surface area (Å²) in [4.78, 5) is 2.10. The van der Waals surface area contributed by atoms with Gasteiger partial charge in [-0.1, -0.05) is 18.6 Å². The molecular formula is C17H25FN2. The molecule has 1 aromatic rings. The van der Waals surface area contributed by atoms with Crippen LogP contribution < -0.4 is 10.6 Å². The molecule has 20 heavy (non-hydrogen) atoms. The number of halogens is 1. The van der Waals surface area contributed by atoms with Crippen LogP contribution in [0.15, 0.2) is 18.2 Å². The smallest absolute Gasteiger partial charge is 0.146 e. The van der Waals surface area contributed by atoms with Crippen molar-refractivity contribution in [1.29, 1.82) is 0 Å². The standard InChI is InChI=1S/C17H25FN2/c1-11(19)15-4-3-5-16(18)17(15)20(2)10-14-9-12-6-7-13(14)8-12/h3-5,11-14H,6-10,19H2,1-2H3/t11-,12?,13?,14?/m0/s1. The van der Waals surface area contributed by atoms with Gasteiger partial charge in [-0.25, -0.2) is 4.39 Å².